The van der Waals surface area contributed by atoms with Crippen molar-refractivity contribution in [2.75, 3.05) is 0 Å². The van der Waals surface area contributed by atoms with Gasteiger partial charge in [-0.15, -0.1) is 0 Å². The number of carboxylic acid groups (broad SMARTS) is 1. The molecule has 0 spiro atoms. The lowest BCUT2D eigenvalue weighted by molar-refractivity contribution is -0.138. The van der Waals surface area contributed by atoms with E-state index in [-0.39, 0.29) is 0 Å². The summed E-state index contributed by atoms with van der Waals surface area (Å²) in [5.41, 5.74) is 2.14. The van der Waals surface area contributed by atoms with Crippen molar-refractivity contribution in [1.82, 2.24) is 0 Å². The third-order valence-electron chi connectivity index (χ3n) is 2.49. The van der Waals surface area contributed by atoms with E-state index in [0.29, 0.717) is 5.92 Å². The van der Waals surface area contributed by atoms with Crippen LogP contribution in [0.1, 0.15) is 37.8 Å². The highest BCUT2D eigenvalue weighted by atomic mass is 28.2. The van der Waals surface area contributed by atoms with Crippen LogP contribution in [0.3, 0.4) is 0 Å². The van der Waals surface area contributed by atoms with E-state index in [2.05, 4.69) is 13.8 Å². The molecule has 1 unspecified atom stereocenters. The zero-order valence-corrected chi connectivity index (χ0v) is 11.8. The maximum absolute atomic E-state index is 10.8. The van der Waals surface area contributed by atoms with Crippen LogP contribution in [0.25, 0.3) is 0 Å². The van der Waals surface area contributed by atoms with Crippen LogP contribution >= 0.6 is 0 Å². The largest absolute Gasteiger partial charge is 0.549 e. The number of benzene rings is 1. The first kappa shape index (κ1) is 16.5. The molecule has 0 radical (unpaired) electrons. The monoisotopic (exact) mass is 266 g/mol. The van der Waals surface area contributed by atoms with Crippen molar-refractivity contribution in [3.05, 3.63) is 35.4 Å². The molecule has 1 rings (SSSR count). The summed E-state index contributed by atoms with van der Waals surface area (Å²) in [7, 11) is -1.42. The van der Waals surface area contributed by atoms with Gasteiger partial charge in [-0.3, -0.25) is 13.7 Å². The standard InChI is InChI=1S/C13H18O2.O2Si/c1-9(2)8-11-4-6-12(7-5-11)10(3)13(14)15;1-3-2/h4-7,9-10H,8H2,1-3H3,(H,14,15);. The van der Waals surface area contributed by atoms with Crippen molar-refractivity contribution in [2.24, 2.45) is 5.92 Å². The van der Waals surface area contributed by atoms with E-state index in [9.17, 15) is 4.79 Å². The molecule has 1 atom stereocenters. The second-order valence-electron chi connectivity index (χ2n) is 4.48. The fourth-order valence-corrected chi connectivity index (χ4v) is 1.56. The third-order valence-corrected chi connectivity index (χ3v) is 2.49. The van der Waals surface area contributed by atoms with E-state index in [1.165, 1.54) is 5.56 Å². The van der Waals surface area contributed by atoms with Crippen LogP contribution in [-0.2, 0) is 20.1 Å². The van der Waals surface area contributed by atoms with Gasteiger partial charge in [-0.1, -0.05) is 38.1 Å². The molecule has 5 heteroatoms. The SMILES string of the molecule is CC(C)Cc1ccc(C(C)C(=O)O)cc1.O=[Si]=O. The topological polar surface area (TPSA) is 71.4 Å². The average molecular weight is 266 g/mol. The molecule has 0 fully saturated rings. The summed E-state index contributed by atoms with van der Waals surface area (Å²) < 4.78 is 16.8. The Balaban J connectivity index is 0.000000873. The van der Waals surface area contributed by atoms with Crippen LogP contribution in [0.2, 0.25) is 0 Å². The maximum atomic E-state index is 10.8. The molecular weight excluding hydrogens is 248 g/mol. The quantitative estimate of drug-likeness (QED) is 0.850. The zero-order chi connectivity index (χ0) is 14.1. The molecule has 1 aromatic rings. The highest BCUT2D eigenvalue weighted by Gasteiger charge is 2.12. The summed E-state index contributed by atoms with van der Waals surface area (Å²) in [5.74, 6) is -0.558. The van der Waals surface area contributed by atoms with Crippen LogP contribution in [-0.4, -0.2) is 20.4 Å². The minimum atomic E-state index is -1.42. The predicted octanol–water partition coefficient (Wildman–Crippen LogP) is 2.45. The molecule has 0 aliphatic heterocycles. The summed E-state index contributed by atoms with van der Waals surface area (Å²) in [6.07, 6.45) is 1.04. The molecule has 0 bridgehead atoms. The Labute approximate surface area is 109 Å². The summed E-state index contributed by atoms with van der Waals surface area (Å²) >= 11 is 0. The van der Waals surface area contributed by atoms with Gasteiger partial charge in [0.1, 0.15) is 0 Å². The summed E-state index contributed by atoms with van der Waals surface area (Å²) in [6.45, 7) is 6.06. The van der Waals surface area contributed by atoms with Gasteiger partial charge in [0.05, 0.1) is 5.92 Å². The number of carbonyl (C=O) groups is 1. The fourth-order valence-electron chi connectivity index (χ4n) is 1.56. The van der Waals surface area contributed by atoms with Gasteiger partial charge in [0.15, 0.2) is 0 Å². The van der Waals surface area contributed by atoms with E-state index in [0.717, 1.165) is 12.0 Å². The molecule has 0 aromatic heterocycles. The number of aliphatic carboxylic acids is 1. The van der Waals surface area contributed by atoms with E-state index in [4.69, 9.17) is 14.0 Å². The van der Waals surface area contributed by atoms with E-state index in [1.54, 1.807) is 6.92 Å². The Hall–Kier alpha value is -1.49. The summed E-state index contributed by atoms with van der Waals surface area (Å²) in [5, 5.41) is 8.85. The Morgan fingerprint density at radius 3 is 1.94 bits per heavy atom. The molecule has 0 amide bonds. The molecule has 4 nitrogen and oxygen atoms in total. The Kier molecular flexibility index (Phi) is 7.86. The number of hydrogen-bond donors (Lipinski definition) is 1. The lowest BCUT2D eigenvalue weighted by atomic mass is 9.97. The van der Waals surface area contributed by atoms with Gasteiger partial charge < -0.3 is 5.11 Å². The maximum Gasteiger partial charge on any atom is 0.549 e. The van der Waals surface area contributed by atoms with Gasteiger partial charge in [0.2, 0.25) is 0 Å². The lowest BCUT2D eigenvalue weighted by Crippen LogP contribution is -2.07. The van der Waals surface area contributed by atoms with Gasteiger partial charge >= 0.3 is 15.3 Å². The third kappa shape index (κ3) is 6.29. The van der Waals surface area contributed by atoms with Gasteiger partial charge in [0, 0.05) is 0 Å². The van der Waals surface area contributed by atoms with Crippen molar-refractivity contribution in [2.45, 2.75) is 33.1 Å². The number of rotatable bonds is 4. The van der Waals surface area contributed by atoms with Crippen LogP contribution < -0.4 is 0 Å². The molecule has 0 heterocycles. The summed E-state index contributed by atoms with van der Waals surface area (Å²) in [6, 6.07) is 7.87. The van der Waals surface area contributed by atoms with E-state index < -0.39 is 21.2 Å². The molecular formula is C13H18O4Si. The zero-order valence-electron chi connectivity index (χ0n) is 10.8. The van der Waals surface area contributed by atoms with Crippen LogP contribution in [0.4, 0.5) is 0 Å². The second-order valence-corrected chi connectivity index (χ2v) is 4.65. The molecule has 98 valence electrons. The summed E-state index contributed by atoms with van der Waals surface area (Å²) in [4.78, 5) is 10.8. The lowest BCUT2D eigenvalue weighted by Gasteiger charge is -2.09. The van der Waals surface area contributed by atoms with Crippen molar-refractivity contribution in [1.29, 1.82) is 0 Å². The molecule has 0 saturated carbocycles. The van der Waals surface area contributed by atoms with Crippen molar-refractivity contribution in [3.63, 3.8) is 0 Å². The van der Waals surface area contributed by atoms with Crippen molar-refractivity contribution >= 4 is 15.3 Å². The Morgan fingerprint density at radius 2 is 1.61 bits per heavy atom. The second kappa shape index (κ2) is 8.58. The first-order valence-electron chi connectivity index (χ1n) is 5.73. The highest BCUT2D eigenvalue weighted by Crippen LogP contribution is 2.17. The first-order valence-corrected chi connectivity index (χ1v) is 6.55. The van der Waals surface area contributed by atoms with Gasteiger partial charge in [-0.25, -0.2) is 0 Å². The van der Waals surface area contributed by atoms with E-state index in [1.807, 2.05) is 24.3 Å². The van der Waals surface area contributed by atoms with Gasteiger partial charge in [-0.05, 0) is 30.4 Å². The van der Waals surface area contributed by atoms with E-state index >= 15 is 0 Å². The van der Waals surface area contributed by atoms with Gasteiger partial charge in [0.25, 0.3) is 0 Å². The first-order chi connectivity index (χ1) is 8.42. The van der Waals surface area contributed by atoms with Crippen LogP contribution in [0.5, 0.6) is 0 Å². The predicted molar refractivity (Wildman–Crippen MR) is 68.2 cm³/mol. The molecule has 0 aliphatic rings. The minimum Gasteiger partial charge on any atom is -0.481 e. The molecule has 18 heavy (non-hydrogen) atoms. The normalized spacial score (nSPS) is 11.1. The van der Waals surface area contributed by atoms with Crippen molar-refractivity contribution < 1.29 is 18.8 Å². The average Bonchev–Trinajstić information content (AvgIpc) is 2.29. The van der Waals surface area contributed by atoms with Crippen molar-refractivity contribution in [3.8, 4) is 0 Å². The molecule has 1 aromatic carbocycles. The highest BCUT2D eigenvalue weighted by molar-refractivity contribution is 5.94. The fraction of sp³-hybridized carbons (Fsp3) is 0.462. The molecule has 0 saturated heterocycles. The van der Waals surface area contributed by atoms with Gasteiger partial charge in [-0.2, -0.15) is 0 Å². The Bertz CT molecular complexity index is 406. The molecule has 1 N–H and O–H groups in total. The number of carboxylic acids is 1. The Morgan fingerprint density at radius 1 is 1.17 bits per heavy atom. The smallest absolute Gasteiger partial charge is 0.481 e. The molecule has 0 aliphatic carbocycles. The number of hydrogen-bond acceptors (Lipinski definition) is 3. The van der Waals surface area contributed by atoms with Crippen LogP contribution in [0.15, 0.2) is 24.3 Å². The minimum absolute atomic E-state index is 0.418. The van der Waals surface area contributed by atoms with Crippen LogP contribution in [0, 0.1) is 5.92 Å².